The van der Waals surface area contributed by atoms with E-state index in [0.29, 0.717) is 17.7 Å². The lowest BCUT2D eigenvalue weighted by Gasteiger charge is -2.67. The first-order valence-corrected chi connectivity index (χ1v) is 24.2. The third-order valence-corrected chi connectivity index (χ3v) is 16.1. The molecule has 2 saturated carbocycles. The minimum absolute atomic E-state index is 0.0321. The molecule has 2 aromatic rings. The number of rotatable bonds is 15. The van der Waals surface area contributed by atoms with Crippen LogP contribution in [0.2, 0.25) is 0 Å². The van der Waals surface area contributed by atoms with Gasteiger partial charge in [-0.3, -0.25) is 9.59 Å². The average Bonchev–Trinajstić information content (AvgIpc) is 3.25. The van der Waals surface area contributed by atoms with Crippen molar-refractivity contribution in [1.29, 1.82) is 0 Å². The van der Waals surface area contributed by atoms with Crippen molar-refractivity contribution in [2.75, 3.05) is 24.7 Å². The van der Waals surface area contributed by atoms with E-state index in [1.165, 1.54) is 47.6 Å². The van der Waals surface area contributed by atoms with Crippen molar-refractivity contribution in [3.05, 3.63) is 93.5 Å². The second-order valence-electron chi connectivity index (χ2n) is 17.4. The summed E-state index contributed by atoms with van der Waals surface area (Å²) < 4.78 is 35.7. The topological polar surface area (TPSA) is 201 Å². The normalized spacial score (nSPS) is 31.3. The summed E-state index contributed by atoms with van der Waals surface area (Å²) in [5.41, 5.74) is -6.81. The quantitative estimate of drug-likeness (QED) is 0.0539. The maximum atomic E-state index is 15.1. The molecule has 6 rings (SSSR count). The maximum Gasteiger partial charge on any atom is 0.509 e. The van der Waals surface area contributed by atoms with Gasteiger partial charge in [0.05, 0.1) is 29.6 Å². The molecule has 0 amide bonds. The van der Waals surface area contributed by atoms with Crippen LogP contribution in [0.25, 0.3) is 0 Å². The van der Waals surface area contributed by atoms with E-state index in [0.717, 1.165) is 5.75 Å². The van der Waals surface area contributed by atoms with E-state index >= 15 is 4.79 Å². The fraction of sp³-hybridized carbons (Fsp3) is 0.543. The van der Waals surface area contributed by atoms with Gasteiger partial charge in [-0.2, -0.15) is 0 Å². The van der Waals surface area contributed by atoms with Gasteiger partial charge in [-0.15, -0.1) is 0 Å². The Morgan fingerprint density at radius 2 is 1.61 bits per heavy atom. The van der Waals surface area contributed by atoms with Gasteiger partial charge < -0.3 is 43.7 Å². The molecule has 2 bridgehead atoms. The smallest absolute Gasteiger partial charge is 0.455 e. The molecule has 18 heteroatoms. The van der Waals surface area contributed by atoms with Crippen LogP contribution in [0.5, 0.6) is 0 Å². The van der Waals surface area contributed by atoms with Crippen molar-refractivity contribution in [1.82, 2.24) is 0 Å². The van der Waals surface area contributed by atoms with Crippen LogP contribution in [0.3, 0.4) is 0 Å². The zero-order valence-electron chi connectivity index (χ0n) is 36.3. The molecule has 348 valence electrons. The van der Waals surface area contributed by atoms with Crippen LogP contribution in [-0.2, 0) is 42.8 Å². The SMILES string of the molecule is CC(=O)O[C@@]12CO[C@@H]1C[C@H](O)[C@@]1(C)C(=O)[C@H](O)C3=C(C)[C@@H](OC(=O)[C@H](OC(=O)OCCSSCCC=C(Cl)Cl)[C@@H](C)c4ccccc4)C[C@](O)(C(OC(=O)c4ccccc4)[C@H]21)C3(C)C. The molecule has 0 radical (unpaired) electrons. The molecule has 2 aromatic carbocycles. The Bertz CT molecular complexity index is 2130. The number of ether oxygens (including phenoxy) is 6. The first-order valence-electron chi connectivity index (χ1n) is 21.0. The van der Waals surface area contributed by atoms with Gasteiger partial charge in [0.25, 0.3) is 0 Å². The fourth-order valence-corrected chi connectivity index (χ4v) is 11.9. The van der Waals surface area contributed by atoms with Crippen molar-refractivity contribution in [2.24, 2.45) is 16.7 Å². The third-order valence-electron chi connectivity index (χ3n) is 13.4. The summed E-state index contributed by atoms with van der Waals surface area (Å²) in [5, 5.41) is 37.8. The number of fused-ring (bicyclic) bond motifs is 5. The van der Waals surface area contributed by atoms with Gasteiger partial charge in [0.2, 0.25) is 6.10 Å². The van der Waals surface area contributed by atoms with Crippen LogP contribution in [0.4, 0.5) is 4.79 Å². The van der Waals surface area contributed by atoms with Crippen LogP contribution in [-0.4, -0.2) is 118 Å². The third kappa shape index (κ3) is 9.49. The molecule has 0 aromatic heterocycles. The van der Waals surface area contributed by atoms with Gasteiger partial charge in [-0.25, -0.2) is 14.4 Å². The van der Waals surface area contributed by atoms with Gasteiger partial charge in [0, 0.05) is 42.6 Å². The summed E-state index contributed by atoms with van der Waals surface area (Å²) in [7, 11) is 2.98. The van der Waals surface area contributed by atoms with E-state index in [1.807, 2.05) is 0 Å². The lowest BCUT2D eigenvalue weighted by atomic mass is 9.44. The minimum Gasteiger partial charge on any atom is -0.455 e. The van der Waals surface area contributed by atoms with E-state index in [9.17, 15) is 34.5 Å². The van der Waals surface area contributed by atoms with Crippen LogP contribution in [0, 0.1) is 16.7 Å². The first kappa shape index (κ1) is 49.8. The fourth-order valence-electron chi connectivity index (χ4n) is 9.90. The molecule has 3 N–H and O–H groups in total. The highest BCUT2D eigenvalue weighted by Gasteiger charge is 2.78. The Balaban J connectivity index is 1.39. The number of carbonyl (C=O) groups excluding carboxylic acids is 5. The predicted octanol–water partition coefficient (Wildman–Crippen LogP) is 7.05. The van der Waals surface area contributed by atoms with E-state index in [1.54, 1.807) is 82.3 Å². The largest absolute Gasteiger partial charge is 0.509 e. The molecule has 14 nitrogen and oxygen atoms in total. The Morgan fingerprint density at radius 1 is 0.969 bits per heavy atom. The van der Waals surface area contributed by atoms with Crippen molar-refractivity contribution in [3.8, 4) is 0 Å². The molecule has 0 spiro atoms. The first-order chi connectivity index (χ1) is 30.2. The van der Waals surface area contributed by atoms with Crippen LogP contribution in [0.1, 0.15) is 82.6 Å². The molecule has 1 unspecified atom stereocenters. The number of aliphatic hydroxyl groups is 3. The van der Waals surface area contributed by atoms with Crippen LogP contribution >= 0.6 is 44.8 Å². The number of allylic oxidation sites excluding steroid dienone is 1. The van der Waals surface area contributed by atoms with Gasteiger partial charge in [0.1, 0.15) is 41.1 Å². The summed E-state index contributed by atoms with van der Waals surface area (Å²) >= 11 is 11.3. The lowest BCUT2D eigenvalue weighted by molar-refractivity contribution is -0.346. The molecule has 3 aliphatic carbocycles. The van der Waals surface area contributed by atoms with Gasteiger partial charge in [0.15, 0.2) is 11.4 Å². The highest BCUT2D eigenvalue weighted by atomic mass is 35.5. The molecule has 4 aliphatic rings. The summed E-state index contributed by atoms with van der Waals surface area (Å²) in [6, 6.07) is 16.7. The van der Waals surface area contributed by atoms with Gasteiger partial charge in [-0.1, -0.05) is 120 Å². The van der Waals surface area contributed by atoms with Crippen LogP contribution < -0.4 is 0 Å². The van der Waals surface area contributed by atoms with Crippen LogP contribution in [0.15, 0.2) is 82.4 Å². The number of hydrogen-bond acceptors (Lipinski definition) is 16. The molecular formula is C46H54Cl2O14S2. The Labute approximate surface area is 390 Å². The number of esters is 3. The number of Topliss-reactive ketones (excluding diaryl/α,β-unsaturated/α-hetero) is 1. The van der Waals surface area contributed by atoms with Gasteiger partial charge in [-0.05, 0) is 49.1 Å². The van der Waals surface area contributed by atoms with Gasteiger partial charge >= 0.3 is 24.1 Å². The zero-order valence-corrected chi connectivity index (χ0v) is 39.5. The minimum atomic E-state index is -2.34. The summed E-state index contributed by atoms with van der Waals surface area (Å²) in [6.07, 6.45) is -8.77. The maximum absolute atomic E-state index is 15.1. The Morgan fingerprint density at radius 3 is 2.22 bits per heavy atom. The molecule has 64 heavy (non-hydrogen) atoms. The number of hydrogen-bond donors (Lipinski definition) is 3. The Kier molecular flexibility index (Phi) is 15.6. The second-order valence-corrected chi connectivity index (χ2v) is 21.1. The number of halogens is 2. The predicted molar refractivity (Wildman–Crippen MR) is 239 cm³/mol. The molecule has 11 atom stereocenters. The highest BCUT2D eigenvalue weighted by Crippen LogP contribution is 2.64. The number of ketones is 1. The van der Waals surface area contributed by atoms with E-state index in [4.69, 9.17) is 51.6 Å². The second kappa shape index (κ2) is 20.1. The van der Waals surface area contributed by atoms with E-state index in [-0.39, 0.29) is 40.8 Å². The summed E-state index contributed by atoms with van der Waals surface area (Å²) in [4.78, 5) is 70.0. The summed E-state index contributed by atoms with van der Waals surface area (Å²) in [5.74, 6) is -4.77. The number of aliphatic hydroxyl groups excluding tert-OH is 2. The Hall–Kier alpha value is -3.61. The number of benzene rings is 2. The zero-order chi connectivity index (χ0) is 46.8. The molecular weight excluding hydrogens is 912 g/mol. The monoisotopic (exact) mass is 964 g/mol. The van der Waals surface area contributed by atoms with Crippen molar-refractivity contribution >= 4 is 74.6 Å². The molecule has 1 heterocycles. The lowest BCUT2D eigenvalue weighted by Crippen LogP contribution is -2.81. The molecule has 1 saturated heterocycles. The average molecular weight is 966 g/mol. The number of carbonyl (C=O) groups is 5. The highest BCUT2D eigenvalue weighted by molar-refractivity contribution is 8.76. The standard InChI is InChI=1S/C46H54Cl2O14S2/c1-25(28-14-9-7-10-15-28)36(60-42(55)57-19-21-64-63-20-13-18-33(47)48)41(54)59-30-23-46(56)39(61-40(53)29-16-11-8-12-17-29)37-44(6,38(52)35(51)34(26(30)2)43(46,4)5)31(50)22-32-45(37,24-58-32)62-27(3)49/h7-12,14-18,25,30-32,35-37,39,50-51,56H,13,19-24H2,1-6H3/t25-,30-,31-,32+,35+,36+,37-,39?,44+,45-,46-/m0/s1. The van der Waals surface area contributed by atoms with Crippen molar-refractivity contribution < 1.29 is 67.7 Å². The molecule has 1 aliphatic heterocycles. The van der Waals surface area contributed by atoms with Crippen molar-refractivity contribution in [2.45, 2.75) is 115 Å². The van der Waals surface area contributed by atoms with Crippen molar-refractivity contribution in [3.63, 3.8) is 0 Å². The van der Waals surface area contributed by atoms with E-state index < -0.39 is 107 Å². The molecule has 3 fully saturated rings. The summed E-state index contributed by atoms with van der Waals surface area (Å²) in [6.45, 7) is 8.61. The van der Waals surface area contributed by atoms with E-state index in [2.05, 4.69) is 0 Å².